The first-order valence-corrected chi connectivity index (χ1v) is 9.96. The van der Waals surface area contributed by atoms with E-state index in [-0.39, 0.29) is 11.4 Å². The Morgan fingerprint density at radius 1 is 1.04 bits per heavy atom. The van der Waals surface area contributed by atoms with Crippen LogP contribution < -0.4 is 4.72 Å². The van der Waals surface area contributed by atoms with Gasteiger partial charge in [-0.05, 0) is 42.7 Å². The fraction of sp³-hybridized carbons (Fsp3) is 0.250. The van der Waals surface area contributed by atoms with E-state index in [1.165, 1.54) is 0 Å². The van der Waals surface area contributed by atoms with Gasteiger partial charge in [-0.25, -0.2) is 18.1 Å². The lowest BCUT2D eigenvalue weighted by atomic mass is 10.0. The van der Waals surface area contributed by atoms with Crippen molar-refractivity contribution in [1.82, 2.24) is 9.71 Å². The molecular formula is C20H22N2O3S. The molecule has 5 nitrogen and oxygen atoms in total. The highest BCUT2D eigenvalue weighted by Crippen LogP contribution is 2.22. The maximum absolute atomic E-state index is 12.5. The van der Waals surface area contributed by atoms with Gasteiger partial charge >= 0.3 is 0 Å². The van der Waals surface area contributed by atoms with Gasteiger partial charge in [-0.15, -0.1) is 0 Å². The predicted molar refractivity (Wildman–Crippen MR) is 101 cm³/mol. The van der Waals surface area contributed by atoms with Crippen molar-refractivity contribution < 1.29 is 12.8 Å². The van der Waals surface area contributed by atoms with Crippen LogP contribution in [0.25, 0.3) is 11.5 Å². The highest BCUT2D eigenvalue weighted by atomic mass is 32.2. The van der Waals surface area contributed by atoms with Crippen molar-refractivity contribution in [2.45, 2.75) is 38.1 Å². The molecule has 0 unspecified atom stereocenters. The molecule has 0 aliphatic heterocycles. The minimum absolute atomic E-state index is 0.0798. The van der Waals surface area contributed by atoms with Gasteiger partial charge in [0.2, 0.25) is 15.9 Å². The second kappa shape index (κ2) is 7.43. The molecule has 0 aliphatic carbocycles. The normalized spacial score (nSPS) is 11.8. The number of nitrogens with zero attached hydrogens (tertiary/aromatic N) is 1. The van der Waals surface area contributed by atoms with Crippen LogP contribution in [-0.4, -0.2) is 13.4 Å². The number of oxazole rings is 1. The van der Waals surface area contributed by atoms with Gasteiger partial charge in [0, 0.05) is 5.56 Å². The van der Waals surface area contributed by atoms with Gasteiger partial charge in [-0.3, -0.25) is 0 Å². The Kier molecular flexibility index (Phi) is 5.25. The number of nitrogens with one attached hydrogen (secondary N) is 1. The summed E-state index contributed by atoms with van der Waals surface area (Å²) in [6.07, 6.45) is 0. The van der Waals surface area contributed by atoms with Crippen LogP contribution in [0.1, 0.15) is 36.8 Å². The van der Waals surface area contributed by atoms with E-state index in [2.05, 4.69) is 23.6 Å². The van der Waals surface area contributed by atoms with Gasteiger partial charge < -0.3 is 4.42 Å². The molecule has 6 heteroatoms. The molecule has 2 aromatic carbocycles. The van der Waals surface area contributed by atoms with E-state index < -0.39 is 10.0 Å². The lowest BCUT2D eigenvalue weighted by molar-refractivity contribution is 0.538. The van der Waals surface area contributed by atoms with E-state index in [1.807, 2.05) is 42.5 Å². The van der Waals surface area contributed by atoms with Crippen LogP contribution in [0.4, 0.5) is 0 Å². The lowest BCUT2D eigenvalue weighted by Crippen LogP contribution is -2.23. The third-order valence-electron chi connectivity index (χ3n) is 4.20. The van der Waals surface area contributed by atoms with E-state index in [1.54, 1.807) is 19.1 Å². The first kappa shape index (κ1) is 18.4. The van der Waals surface area contributed by atoms with Crippen LogP contribution >= 0.6 is 0 Å². The van der Waals surface area contributed by atoms with Crippen LogP contribution in [0, 0.1) is 6.92 Å². The van der Waals surface area contributed by atoms with Gasteiger partial charge in [0.1, 0.15) is 5.76 Å². The van der Waals surface area contributed by atoms with E-state index >= 15 is 0 Å². The SMILES string of the molecule is Cc1oc(-c2ccccc2)nc1CNS(=O)(=O)c1ccc(C(C)C)cc1. The van der Waals surface area contributed by atoms with E-state index in [0.717, 1.165) is 11.1 Å². The molecule has 0 aliphatic rings. The summed E-state index contributed by atoms with van der Waals surface area (Å²) in [5.74, 6) is 1.44. The average Bonchev–Trinajstić information content (AvgIpc) is 3.02. The van der Waals surface area contributed by atoms with E-state index in [0.29, 0.717) is 23.3 Å². The quantitative estimate of drug-likeness (QED) is 0.704. The zero-order valence-corrected chi connectivity index (χ0v) is 15.9. The fourth-order valence-electron chi connectivity index (χ4n) is 2.57. The Morgan fingerprint density at radius 3 is 2.31 bits per heavy atom. The zero-order chi connectivity index (χ0) is 18.7. The highest BCUT2D eigenvalue weighted by Gasteiger charge is 2.17. The number of benzene rings is 2. The van der Waals surface area contributed by atoms with E-state index in [4.69, 9.17) is 4.42 Å². The van der Waals surface area contributed by atoms with Crippen LogP contribution in [-0.2, 0) is 16.6 Å². The summed E-state index contributed by atoms with van der Waals surface area (Å²) in [6.45, 7) is 6.00. The van der Waals surface area contributed by atoms with Crippen molar-refractivity contribution in [3.8, 4) is 11.5 Å². The second-order valence-corrected chi connectivity index (χ2v) is 8.20. The Labute approximate surface area is 154 Å². The molecule has 1 heterocycles. The Balaban J connectivity index is 1.75. The summed E-state index contributed by atoms with van der Waals surface area (Å²) in [5.41, 5.74) is 2.53. The Morgan fingerprint density at radius 2 is 1.69 bits per heavy atom. The van der Waals surface area contributed by atoms with Crippen molar-refractivity contribution in [2.24, 2.45) is 0 Å². The molecule has 0 amide bonds. The standard InChI is InChI=1S/C20H22N2O3S/c1-14(2)16-9-11-18(12-10-16)26(23,24)21-13-19-15(3)25-20(22-19)17-7-5-4-6-8-17/h4-12,14,21H,13H2,1-3H3. The molecule has 26 heavy (non-hydrogen) atoms. The molecule has 0 saturated carbocycles. The van der Waals surface area contributed by atoms with Crippen molar-refractivity contribution >= 4 is 10.0 Å². The Hall–Kier alpha value is -2.44. The molecule has 136 valence electrons. The third-order valence-corrected chi connectivity index (χ3v) is 5.62. The van der Waals surface area contributed by atoms with Crippen molar-refractivity contribution in [3.05, 3.63) is 71.6 Å². The average molecular weight is 370 g/mol. The summed E-state index contributed by atoms with van der Waals surface area (Å²) >= 11 is 0. The summed E-state index contributed by atoms with van der Waals surface area (Å²) < 4.78 is 33.3. The summed E-state index contributed by atoms with van der Waals surface area (Å²) in [5, 5.41) is 0. The number of rotatable bonds is 6. The first-order valence-electron chi connectivity index (χ1n) is 8.48. The number of aromatic nitrogens is 1. The molecule has 3 rings (SSSR count). The number of aryl methyl sites for hydroxylation is 1. The zero-order valence-electron chi connectivity index (χ0n) is 15.1. The maximum Gasteiger partial charge on any atom is 0.240 e. The molecule has 0 atom stereocenters. The van der Waals surface area contributed by atoms with Crippen molar-refractivity contribution in [3.63, 3.8) is 0 Å². The maximum atomic E-state index is 12.5. The third kappa shape index (κ3) is 4.03. The molecule has 0 bridgehead atoms. The van der Waals surface area contributed by atoms with Crippen molar-refractivity contribution in [2.75, 3.05) is 0 Å². The van der Waals surface area contributed by atoms with Gasteiger partial charge in [-0.1, -0.05) is 44.2 Å². The number of sulfonamides is 1. The molecule has 0 saturated heterocycles. The molecule has 1 aromatic heterocycles. The molecular weight excluding hydrogens is 348 g/mol. The summed E-state index contributed by atoms with van der Waals surface area (Å²) in [6, 6.07) is 16.5. The number of hydrogen-bond donors (Lipinski definition) is 1. The number of hydrogen-bond acceptors (Lipinski definition) is 4. The first-order chi connectivity index (χ1) is 12.4. The monoisotopic (exact) mass is 370 g/mol. The molecule has 0 spiro atoms. The second-order valence-electron chi connectivity index (χ2n) is 6.44. The highest BCUT2D eigenvalue weighted by molar-refractivity contribution is 7.89. The van der Waals surface area contributed by atoms with Crippen molar-refractivity contribution in [1.29, 1.82) is 0 Å². The lowest BCUT2D eigenvalue weighted by Gasteiger charge is -2.08. The van der Waals surface area contributed by atoms with Crippen LogP contribution in [0.15, 0.2) is 63.9 Å². The minimum atomic E-state index is -3.60. The Bertz CT molecular complexity index is 976. The smallest absolute Gasteiger partial charge is 0.240 e. The van der Waals surface area contributed by atoms with Crippen LogP contribution in [0.5, 0.6) is 0 Å². The summed E-state index contributed by atoms with van der Waals surface area (Å²) in [7, 11) is -3.60. The van der Waals surface area contributed by atoms with Crippen LogP contribution in [0.2, 0.25) is 0 Å². The van der Waals surface area contributed by atoms with Gasteiger partial charge in [0.25, 0.3) is 0 Å². The largest absolute Gasteiger partial charge is 0.441 e. The van der Waals surface area contributed by atoms with E-state index in [9.17, 15) is 8.42 Å². The molecule has 1 N–H and O–H groups in total. The molecule has 0 radical (unpaired) electrons. The van der Waals surface area contributed by atoms with Gasteiger partial charge in [0.15, 0.2) is 0 Å². The topological polar surface area (TPSA) is 72.2 Å². The van der Waals surface area contributed by atoms with Gasteiger partial charge in [0.05, 0.1) is 17.1 Å². The van der Waals surface area contributed by atoms with Crippen LogP contribution in [0.3, 0.4) is 0 Å². The molecule has 3 aromatic rings. The van der Waals surface area contributed by atoms with Gasteiger partial charge in [-0.2, -0.15) is 0 Å². The summed E-state index contributed by atoms with van der Waals surface area (Å²) in [4.78, 5) is 4.66. The molecule has 0 fully saturated rings. The fourth-order valence-corrected chi connectivity index (χ4v) is 3.56. The minimum Gasteiger partial charge on any atom is -0.441 e. The predicted octanol–water partition coefficient (Wildman–Crippen LogP) is 4.25.